The Morgan fingerprint density at radius 1 is 1.26 bits per heavy atom. The minimum absolute atomic E-state index is 0.261. The average Bonchev–Trinajstić information content (AvgIpc) is 2.42. The standard InChI is InChI=1S/C15H18F2N2/c1-19(12-5-3-2-4-6-12)15(10-18)13-8-7-11(16)9-14(13)17/h7-9,12,15H,2-6H2,1H3. The smallest absolute Gasteiger partial charge is 0.131 e. The molecule has 0 N–H and O–H groups in total. The van der Waals surface area contributed by atoms with Gasteiger partial charge in [-0.2, -0.15) is 5.26 Å². The molecule has 0 aliphatic heterocycles. The van der Waals surface area contributed by atoms with Crippen molar-refractivity contribution in [1.29, 1.82) is 5.26 Å². The number of rotatable bonds is 3. The van der Waals surface area contributed by atoms with Gasteiger partial charge >= 0.3 is 0 Å². The molecule has 1 aromatic rings. The quantitative estimate of drug-likeness (QED) is 0.830. The molecule has 1 aliphatic rings. The van der Waals surface area contributed by atoms with Crippen molar-refractivity contribution in [2.75, 3.05) is 7.05 Å². The summed E-state index contributed by atoms with van der Waals surface area (Å²) in [5.74, 6) is -1.26. The molecular formula is C15H18F2N2. The van der Waals surface area contributed by atoms with Crippen molar-refractivity contribution in [1.82, 2.24) is 4.90 Å². The molecule has 0 radical (unpaired) electrons. The minimum Gasteiger partial charge on any atom is -0.284 e. The number of hydrogen-bond acceptors (Lipinski definition) is 2. The van der Waals surface area contributed by atoms with E-state index in [9.17, 15) is 14.0 Å². The molecule has 1 saturated carbocycles. The van der Waals surface area contributed by atoms with Crippen LogP contribution in [0.15, 0.2) is 18.2 Å². The van der Waals surface area contributed by atoms with Crippen molar-refractivity contribution >= 4 is 0 Å². The van der Waals surface area contributed by atoms with E-state index in [4.69, 9.17) is 0 Å². The second kappa shape index (κ2) is 6.12. The summed E-state index contributed by atoms with van der Waals surface area (Å²) >= 11 is 0. The van der Waals surface area contributed by atoms with Crippen LogP contribution in [-0.4, -0.2) is 18.0 Å². The lowest BCUT2D eigenvalue weighted by atomic mass is 9.92. The van der Waals surface area contributed by atoms with Crippen LogP contribution in [-0.2, 0) is 0 Å². The monoisotopic (exact) mass is 264 g/mol. The van der Waals surface area contributed by atoms with Crippen LogP contribution >= 0.6 is 0 Å². The van der Waals surface area contributed by atoms with E-state index < -0.39 is 17.7 Å². The zero-order valence-corrected chi connectivity index (χ0v) is 11.1. The summed E-state index contributed by atoms with van der Waals surface area (Å²) in [7, 11) is 1.85. The third kappa shape index (κ3) is 3.10. The summed E-state index contributed by atoms with van der Waals surface area (Å²) in [6.07, 6.45) is 5.61. The Morgan fingerprint density at radius 2 is 1.95 bits per heavy atom. The highest BCUT2D eigenvalue weighted by molar-refractivity contribution is 5.26. The molecule has 4 heteroatoms. The number of nitriles is 1. The van der Waals surface area contributed by atoms with Gasteiger partial charge in [-0.05, 0) is 26.0 Å². The number of halogens is 2. The van der Waals surface area contributed by atoms with Gasteiger partial charge in [-0.15, -0.1) is 0 Å². The van der Waals surface area contributed by atoms with Gasteiger partial charge < -0.3 is 0 Å². The molecule has 2 nitrogen and oxygen atoms in total. The van der Waals surface area contributed by atoms with Crippen molar-refractivity contribution in [3.63, 3.8) is 0 Å². The zero-order chi connectivity index (χ0) is 13.8. The lowest BCUT2D eigenvalue weighted by Gasteiger charge is -2.34. The molecule has 1 fully saturated rings. The van der Waals surface area contributed by atoms with Gasteiger partial charge in [-0.25, -0.2) is 8.78 Å². The molecule has 0 spiro atoms. The topological polar surface area (TPSA) is 27.0 Å². The molecule has 2 rings (SSSR count). The van der Waals surface area contributed by atoms with Crippen LogP contribution < -0.4 is 0 Å². The Balaban J connectivity index is 2.21. The molecule has 1 aromatic carbocycles. The van der Waals surface area contributed by atoms with Crippen LogP contribution in [0.4, 0.5) is 8.78 Å². The lowest BCUT2D eigenvalue weighted by Crippen LogP contribution is -2.36. The van der Waals surface area contributed by atoms with E-state index in [2.05, 4.69) is 6.07 Å². The SMILES string of the molecule is CN(C1CCCCC1)C(C#N)c1ccc(F)cc1F. The fourth-order valence-corrected chi connectivity index (χ4v) is 2.80. The van der Waals surface area contributed by atoms with Gasteiger partial charge in [0.05, 0.1) is 6.07 Å². The van der Waals surface area contributed by atoms with E-state index in [1.165, 1.54) is 18.6 Å². The lowest BCUT2D eigenvalue weighted by molar-refractivity contribution is 0.162. The largest absolute Gasteiger partial charge is 0.284 e. The minimum atomic E-state index is -0.649. The Morgan fingerprint density at radius 3 is 2.53 bits per heavy atom. The van der Waals surface area contributed by atoms with E-state index in [0.29, 0.717) is 6.04 Å². The fraction of sp³-hybridized carbons (Fsp3) is 0.533. The van der Waals surface area contributed by atoms with E-state index >= 15 is 0 Å². The van der Waals surface area contributed by atoms with Crippen molar-refractivity contribution < 1.29 is 8.78 Å². The van der Waals surface area contributed by atoms with Gasteiger partial charge in [0.25, 0.3) is 0 Å². The van der Waals surface area contributed by atoms with Crippen LogP contribution in [0.5, 0.6) is 0 Å². The van der Waals surface area contributed by atoms with Crippen LogP contribution in [0.3, 0.4) is 0 Å². The number of benzene rings is 1. The molecule has 1 unspecified atom stereocenters. The summed E-state index contributed by atoms with van der Waals surface area (Å²) in [5, 5.41) is 9.32. The molecule has 19 heavy (non-hydrogen) atoms. The Kier molecular flexibility index (Phi) is 4.49. The molecule has 0 saturated heterocycles. The Bertz CT molecular complexity index is 476. The predicted octanol–water partition coefficient (Wildman–Crippen LogP) is 3.79. The molecular weight excluding hydrogens is 246 g/mol. The van der Waals surface area contributed by atoms with E-state index in [1.54, 1.807) is 0 Å². The maximum Gasteiger partial charge on any atom is 0.131 e. The first kappa shape index (κ1) is 14.0. The van der Waals surface area contributed by atoms with Gasteiger partial charge in [-0.3, -0.25) is 4.90 Å². The predicted molar refractivity (Wildman–Crippen MR) is 69.3 cm³/mol. The third-order valence-electron chi connectivity index (χ3n) is 3.94. The molecule has 0 amide bonds. The second-order valence-electron chi connectivity index (χ2n) is 5.15. The van der Waals surface area contributed by atoms with Gasteiger partial charge in [0.2, 0.25) is 0 Å². The first-order valence-electron chi connectivity index (χ1n) is 6.70. The third-order valence-corrected chi connectivity index (χ3v) is 3.94. The van der Waals surface area contributed by atoms with Crippen molar-refractivity contribution in [2.45, 2.75) is 44.2 Å². The van der Waals surface area contributed by atoms with Crippen LogP contribution in [0.2, 0.25) is 0 Å². The van der Waals surface area contributed by atoms with Gasteiger partial charge in [-0.1, -0.05) is 25.3 Å². The Labute approximate surface area is 112 Å². The first-order chi connectivity index (χ1) is 9.13. The first-order valence-corrected chi connectivity index (χ1v) is 6.70. The van der Waals surface area contributed by atoms with Crippen molar-refractivity contribution in [2.24, 2.45) is 0 Å². The van der Waals surface area contributed by atoms with Crippen LogP contribution in [0, 0.1) is 23.0 Å². The average molecular weight is 264 g/mol. The normalized spacial score (nSPS) is 18.3. The number of nitrogens with zero attached hydrogens (tertiary/aromatic N) is 2. The van der Waals surface area contributed by atoms with E-state index in [1.807, 2.05) is 11.9 Å². The number of hydrogen-bond donors (Lipinski definition) is 0. The second-order valence-corrected chi connectivity index (χ2v) is 5.15. The van der Waals surface area contributed by atoms with Gasteiger partial charge in [0, 0.05) is 17.7 Å². The maximum atomic E-state index is 13.8. The molecule has 1 atom stereocenters. The molecule has 102 valence electrons. The molecule has 1 aliphatic carbocycles. The zero-order valence-electron chi connectivity index (χ0n) is 11.1. The van der Waals surface area contributed by atoms with E-state index in [0.717, 1.165) is 31.7 Å². The van der Waals surface area contributed by atoms with Crippen molar-refractivity contribution in [3.8, 4) is 6.07 Å². The van der Waals surface area contributed by atoms with Crippen LogP contribution in [0.1, 0.15) is 43.7 Å². The summed E-state index contributed by atoms with van der Waals surface area (Å²) in [6.45, 7) is 0. The Hall–Kier alpha value is -1.47. The molecule has 0 bridgehead atoms. The molecule has 0 aromatic heterocycles. The van der Waals surface area contributed by atoms with Gasteiger partial charge in [0.15, 0.2) is 0 Å². The summed E-state index contributed by atoms with van der Waals surface area (Å²) in [5.41, 5.74) is 0.261. The van der Waals surface area contributed by atoms with Crippen molar-refractivity contribution in [3.05, 3.63) is 35.4 Å². The van der Waals surface area contributed by atoms with Crippen LogP contribution in [0.25, 0.3) is 0 Å². The fourth-order valence-electron chi connectivity index (χ4n) is 2.80. The molecule has 0 heterocycles. The summed E-state index contributed by atoms with van der Waals surface area (Å²) < 4.78 is 26.7. The van der Waals surface area contributed by atoms with E-state index in [-0.39, 0.29) is 5.56 Å². The summed E-state index contributed by atoms with van der Waals surface area (Å²) in [6, 6.07) is 5.22. The van der Waals surface area contributed by atoms with Gasteiger partial charge in [0.1, 0.15) is 17.7 Å². The maximum absolute atomic E-state index is 13.8. The highest BCUT2D eigenvalue weighted by Crippen LogP contribution is 2.29. The highest BCUT2D eigenvalue weighted by atomic mass is 19.1. The highest BCUT2D eigenvalue weighted by Gasteiger charge is 2.27. The summed E-state index contributed by atoms with van der Waals surface area (Å²) in [4.78, 5) is 1.93.